The average molecular weight is 1960 g/mol. The van der Waals surface area contributed by atoms with Gasteiger partial charge in [0, 0.05) is 70.0 Å². The molecule has 7 saturated heterocycles. The van der Waals surface area contributed by atoms with E-state index in [1.165, 1.54) is 65.0 Å². The molecule has 2 saturated carbocycles. The Morgan fingerprint density at radius 2 is 0.853 bits per heavy atom. The average Bonchev–Trinajstić information content (AvgIpc) is 1.55. The van der Waals surface area contributed by atoms with Crippen LogP contribution in [0.15, 0.2) is 147 Å². The maximum Gasteiger partial charge on any atom is 0.249 e. The zero-order valence-electron chi connectivity index (χ0n) is 58.3. The molecule has 109 heavy (non-hydrogen) atoms. The van der Waals surface area contributed by atoms with Crippen LogP contribution >= 0.6 is 90.4 Å². The maximum atomic E-state index is 14.5. The Balaban J connectivity index is 0.000000146. The zero-order chi connectivity index (χ0) is 79.6. The van der Waals surface area contributed by atoms with Crippen LogP contribution in [0, 0.1) is 12.3 Å². The van der Waals surface area contributed by atoms with Crippen molar-refractivity contribution < 1.29 is 126 Å². The highest BCUT2D eigenvalue weighted by Crippen LogP contribution is 2.56. The van der Waals surface area contributed by atoms with Crippen LogP contribution in [-0.4, -0.2) is 257 Å². The number of carbonyl (C=O) groups excluding carboxylic acids is 10. The summed E-state index contributed by atoms with van der Waals surface area (Å²) in [4.78, 5) is 123. The Labute approximate surface area is 679 Å². The Morgan fingerprint density at radius 1 is 0.486 bits per heavy atom. The number of aliphatic hydroxyl groups is 6. The fraction of sp³-hybridized carbons (Fsp3) is 0.514. The quantitative estimate of drug-likeness (QED) is 0.0505. The third-order valence-corrected chi connectivity index (χ3v) is 23.8. The number of fused-ring (bicyclic) bond motifs is 2. The minimum atomic E-state index is -2.54. The maximum absolute atomic E-state index is 14.5. The van der Waals surface area contributed by atoms with Crippen LogP contribution < -0.4 is 0 Å². The van der Waals surface area contributed by atoms with Crippen LogP contribution in [0.25, 0.3) is 0 Å². The summed E-state index contributed by atoms with van der Waals surface area (Å²) in [5, 5.41) is 61.7. The second-order valence-electron chi connectivity index (χ2n) is 27.3. The number of hydrogen-bond donors (Lipinski definition) is 6. The highest BCUT2D eigenvalue weighted by atomic mass is 127. The Kier molecular flexibility index (Phi) is 26.8. The summed E-state index contributed by atoms with van der Waals surface area (Å²) in [5.41, 5.74) is 1.85. The molecule has 0 aromatic carbocycles. The van der Waals surface area contributed by atoms with Gasteiger partial charge in [0.1, 0.15) is 30.2 Å². The van der Waals surface area contributed by atoms with E-state index < -0.39 is 137 Å². The Hall–Kier alpha value is -6.13. The van der Waals surface area contributed by atoms with Crippen LogP contribution in [-0.2, 0) is 90.6 Å². The second kappa shape index (κ2) is 34.3. The lowest BCUT2D eigenvalue weighted by Gasteiger charge is -2.37. The van der Waals surface area contributed by atoms with Crippen LogP contribution in [0.3, 0.4) is 0 Å². The van der Waals surface area contributed by atoms with E-state index in [9.17, 15) is 83.0 Å². The number of aliphatic hydroxyl groups excluding tert-OH is 3. The number of ether oxygens (including phenoxy) is 9. The van der Waals surface area contributed by atoms with E-state index in [0.29, 0.717) is 13.3 Å². The lowest BCUT2D eigenvalue weighted by atomic mass is 9.92. The molecule has 9 fully saturated rings. The number of allylic oxidation sites excluding steroid dienone is 5. The molecule has 6 N–H and O–H groups in total. The smallest absolute Gasteiger partial charge is 0.249 e. The highest BCUT2D eigenvalue weighted by molar-refractivity contribution is 14.1. The molecular weight excluding hydrogens is 1890 g/mol. The van der Waals surface area contributed by atoms with Crippen molar-refractivity contribution >= 4 is 149 Å². The van der Waals surface area contributed by atoms with Crippen LogP contribution in [0.4, 0.5) is 4.39 Å². The minimum Gasteiger partial charge on any atom is -0.469 e. The van der Waals surface area contributed by atoms with Gasteiger partial charge in [-0.2, -0.15) is 0 Å². The van der Waals surface area contributed by atoms with E-state index in [0.717, 1.165) is 90.5 Å². The molecule has 14 rings (SSSR count). The van der Waals surface area contributed by atoms with Gasteiger partial charge >= 0.3 is 0 Å². The highest BCUT2D eigenvalue weighted by Gasteiger charge is 2.72. The molecular formula is C74H78FI4N5O25. The first kappa shape index (κ1) is 85.3. The Bertz CT molecular complexity index is 4130. The number of halogens is 5. The van der Waals surface area contributed by atoms with Gasteiger partial charge < -0.3 is 73.3 Å². The Morgan fingerprint density at radius 3 is 1.28 bits per heavy atom. The van der Waals surface area contributed by atoms with E-state index in [-0.39, 0.29) is 89.1 Å². The molecule has 0 aromatic rings. The first-order valence-corrected chi connectivity index (χ1v) is 40.3. The van der Waals surface area contributed by atoms with Crippen molar-refractivity contribution in [3.05, 3.63) is 147 Å². The molecule has 0 aromatic heterocycles. The molecule has 2 aliphatic carbocycles. The van der Waals surface area contributed by atoms with Gasteiger partial charge in [0.25, 0.3) is 0 Å². The molecule has 12 heterocycles. The predicted molar refractivity (Wildman–Crippen MR) is 409 cm³/mol. The van der Waals surface area contributed by atoms with Crippen molar-refractivity contribution in [3.63, 3.8) is 0 Å². The zero-order valence-corrected chi connectivity index (χ0v) is 66.9. The molecule has 19 atom stereocenters. The molecule has 30 nitrogen and oxygen atoms in total. The third kappa shape index (κ3) is 16.3. The number of terminal acetylenes is 1. The van der Waals surface area contributed by atoms with Gasteiger partial charge in [-0.3, -0.25) is 72.4 Å². The summed E-state index contributed by atoms with van der Waals surface area (Å²) in [6.07, 6.45) is 18.1. The van der Waals surface area contributed by atoms with Crippen LogP contribution in [0.1, 0.15) is 83.5 Å². The van der Waals surface area contributed by atoms with Gasteiger partial charge in [0.05, 0.1) is 54.8 Å². The van der Waals surface area contributed by atoms with E-state index in [2.05, 4.69) is 107 Å². The van der Waals surface area contributed by atoms with E-state index in [4.69, 9.17) is 49.1 Å². The summed E-state index contributed by atoms with van der Waals surface area (Å²) in [6.45, 7) is 17.2. The summed E-state index contributed by atoms with van der Waals surface area (Å²) >= 11 is 8.16. The topological polar surface area (TPSA) is 391 Å². The number of hydrogen-bond acceptors (Lipinski definition) is 25. The third-order valence-electron chi connectivity index (χ3n) is 20.1. The van der Waals surface area contributed by atoms with Gasteiger partial charge in [-0.15, -0.1) is 29.3 Å². The summed E-state index contributed by atoms with van der Waals surface area (Å²) < 4.78 is 69.7. The SMILES string of the molecule is C#C[C@@]12OC3(CCCC3)O[C@@H]1[C@@H](CI)O[C@H]2N1C=CC(=O)CC1=O.C=C=C[C@@]1(O)[C@H](O)C(=C)O[C@H]1N1C=CC(=O)CC1=O.C=C=C[C@@]1(O)[C@H](O)[C@@H](CI)O[C@H]1N1C=CC(=O)CC1=O.C=C=C[C@@]12OC3(CCCC3)O[C@@H]1[C@@H](CI)O[C@H]2N1C=CC(=O)CC1=O.C=C=C[C@]1(O)[C@H](N2C=CC(=O)CC2=O)O[C@](F)(CI)[C@H]1O. The van der Waals surface area contributed by atoms with E-state index >= 15 is 0 Å². The fourth-order valence-corrected chi connectivity index (χ4v) is 17.5. The van der Waals surface area contributed by atoms with Crippen LogP contribution in [0.5, 0.6) is 0 Å². The van der Waals surface area contributed by atoms with Gasteiger partial charge in [-0.05, 0) is 80.4 Å². The normalized spacial score (nSPS) is 38.2. The first-order chi connectivity index (χ1) is 51.7. The lowest BCUT2D eigenvalue weighted by molar-refractivity contribution is -0.227. The van der Waals surface area contributed by atoms with Crippen molar-refractivity contribution in [2.24, 2.45) is 0 Å². The van der Waals surface area contributed by atoms with E-state index in [1.807, 2.05) is 22.6 Å². The second-order valence-corrected chi connectivity index (χ2v) is 30.7. The molecule has 2 spiro atoms. The number of rotatable bonds is 13. The molecule has 0 unspecified atom stereocenters. The van der Waals surface area contributed by atoms with Gasteiger partial charge in [0.15, 0.2) is 93.9 Å². The molecule has 0 radical (unpaired) electrons. The lowest BCUT2D eigenvalue weighted by Crippen LogP contribution is -2.55. The first-order valence-electron chi connectivity index (χ1n) is 34.2. The van der Waals surface area contributed by atoms with Crippen LogP contribution in [0.2, 0.25) is 0 Å². The van der Waals surface area contributed by atoms with Gasteiger partial charge in [-0.1, -0.05) is 129 Å². The van der Waals surface area contributed by atoms with Crippen molar-refractivity contribution in [1.82, 2.24) is 24.5 Å². The predicted octanol–water partition coefficient (Wildman–Crippen LogP) is 3.44. The molecule has 5 amide bonds. The van der Waals surface area contributed by atoms with Gasteiger partial charge in [0.2, 0.25) is 47.2 Å². The fourth-order valence-electron chi connectivity index (χ4n) is 14.9. The van der Waals surface area contributed by atoms with Crippen molar-refractivity contribution in [2.75, 3.05) is 17.7 Å². The molecule has 584 valence electrons. The molecule has 35 heteroatoms. The summed E-state index contributed by atoms with van der Waals surface area (Å²) in [5.74, 6) is -4.92. The standard InChI is InChI=1S/C18H20INO5.C17H18INO5.C13H13FINO5.C13H14INO5.C13H13NO5/c1-2-6-18-15(24-17(25-18)7-3-4-8-17)13(11-19)23-16(18)20-9-5-12(21)10-14(20)22;1-2-17-14(23-16(24-17)6-3-4-7-16)12(10-18)22-15(17)19-8-5-11(20)9-13(19)21;1-2-4-12(20)10(19)13(14,7-15)21-11(12)16-5-3-8(17)6-9(16)18;1-2-4-13(19)11(18)9(7-14)20-12(13)15-5-3-8(16)6-10(15)17;1-3-5-13(18)11(17)8(2)19-12(13)14-6-4-9(15)7-10(14)16/h5-6,9,13,15-16H,1,3-4,7-8,10-11H2;1,5,8,12,14-15H,3-4,6-7,9-10H2;3-5,10-11,19-20H,1,6-7H2;3-5,9,11-12,18-19H,1,6-7H2;4-6,11-12,17-18H,1-2,7H2/t13-,15-,16-,18-;12-,14-,15-,17-;10-,11+,12+,13+;9-,11-,12-,13-;11-,12-,13-/m11011/s1. The number of ketones is 5. The van der Waals surface area contributed by atoms with Crippen molar-refractivity contribution in [3.8, 4) is 12.3 Å². The number of carbonyl (C=O) groups is 10. The largest absolute Gasteiger partial charge is 0.469 e. The van der Waals surface area contributed by atoms with Gasteiger partial charge in [-0.25, -0.2) is 4.39 Å². The van der Waals surface area contributed by atoms with E-state index in [1.54, 1.807) is 28.7 Å². The molecule has 14 aliphatic rings. The van der Waals surface area contributed by atoms with Crippen molar-refractivity contribution in [1.29, 1.82) is 0 Å². The summed E-state index contributed by atoms with van der Waals surface area (Å²) in [6, 6.07) is 0. The number of amides is 5. The molecule has 12 aliphatic heterocycles. The molecule has 0 bridgehead atoms. The summed E-state index contributed by atoms with van der Waals surface area (Å²) in [7, 11) is 0. The van der Waals surface area contributed by atoms with Crippen molar-refractivity contribution in [2.45, 2.75) is 209 Å². The number of nitrogens with zero attached hydrogens (tertiary/aromatic N) is 5. The number of alkyl halides is 5. The monoisotopic (exact) mass is 1960 g/mol. The minimum absolute atomic E-state index is 0.0721.